The second-order valence-electron chi connectivity index (χ2n) is 6.11. The number of carbonyl (C=O) groups excluding carboxylic acids is 1. The monoisotopic (exact) mass is 466 g/mol. The molecule has 0 aliphatic heterocycles. The summed E-state index contributed by atoms with van der Waals surface area (Å²) in [4.78, 5) is 12.8. The third kappa shape index (κ3) is 5.79. The molecule has 1 aromatic carbocycles. The summed E-state index contributed by atoms with van der Waals surface area (Å²) in [5, 5.41) is 10.9. The normalized spacial score (nSPS) is 12.8. The number of rotatable bonds is 8. The Kier molecular flexibility index (Phi) is 7.66. The lowest BCUT2D eigenvalue weighted by molar-refractivity contribution is -0.117. The molecular formula is C16H20ClFN4O3S3. The number of hydrogen-bond acceptors (Lipinski definition) is 7. The third-order valence-corrected chi connectivity index (χ3v) is 6.86. The molecule has 0 fully saturated rings. The van der Waals surface area contributed by atoms with Crippen LogP contribution in [0.4, 0.5) is 15.2 Å². The number of carbonyl (C=O) groups is 1. The lowest BCUT2D eigenvalue weighted by Crippen LogP contribution is -2.47. The topological polar surface area (TPSA) is 92.3 Å². The van der Waals surface area contributed by atoms with Crippen LogP contribution in [-0.2, 0) is 14.8 Å². The summed E-state index contributed by atoms with van der Waals surface area (Å²) in [5.41, 5.74) is 0.101. The van der Waals surface area contributed by atoms with Gasteiger partial charge in [-0.15, -0.1) is 10.2 Å². The van der Waals surface area contributed by atoms with E-state index < -0.39 is 27.8 Å². The molecule has 0 bridgehead atoms. The van der Waals surface area contributed by atoms with Crippen LogP contribution in [0.2, 0.25) is 5.02 Å². The Morgan fingerprint density at radius 2 is 2.07 bits per heavy atom. The molecule has 0 aliphatic carbocycles. The van der Waals surface area contributed by atoms with Gasteiger partial charge in [0.05, 0.1) is 17.0 Å². The zero-order valence-corrected chi connectivity index (χ0v) is 18.8. The van der Waals surface area contributed by atoms with E-state index in [1.54, 1.807) is 6.92 Å². The van der Waals surface area contributed by atoms with E-state index in [-0.39, 0.29) is 22.3 Å². The maximum absolute atomic E-state index is 13.5. The molecule has 28 heavy (non-hydrogen) atoms. The first kappa shape index (κ1) is 22.9. The molecule has 1 amide bonds. The van der Waals surface area contributed by atoms with Crippen LogP contribution >= 0.6 is 34.7 Å². The van der Waals surface area contributed by atoms with Crippen molar-refractivity contribution in [3.63, 3.8) is 0 Å². The minimum Gasteiger partial charge on any atom is -0.299 e. The van der Waals surface area contributed by atoms with Crippen molar-refractivity contribution in [2.45, 2.75) is 42.8 Å². The zero-order valence-electron chi connectivity index (χ0n) is 15.6. The second kappa shape index (κ2) is 9.38. The highest BCUT2D eigenvalue weighted by Crippen LogP contribution is 2.30. The van der Waals surface area contributed by atoms with Crippen molar-refractivity contribution in [1.29, 1.82) is 0 Å². The van der Waals surface area contributed by atoms with Crippen LogP contribution in [0.3, 0.4) is 0 Å². The highest BCUT2D eigenvalue weighted by molar-refractivity contribution is 8.01. The molecule has 7 nitrogen and oxygen atoms in total. The standard InChI is InChI=1S/C16H20ClFN4O3S3/c1-5-13(14(23)19-15-20-21-16(27-15)26-9(2)3)22(28(4,24)25)10-6-7-12(18)11(17)8-10/h6-9,13H,5H2,1-4H3,(H,19,20,23)/t13-/m1/s1. The number of halogens is 2. The molecular weight excluding hydrogens is 447 g/mol. The Morgan fingerprint density at radius 1 is 1.39 bits per heavy atom. The fourth-order valence-electron chi connectivity index (χ4n) is 2.38. The van der Waals surface area contributed by atoms with Gasteiger partial charge in [0.1, 0.15) is 11.9 Å². The van der Waals surface area contributed by atoms with Crippen molar-refractivity contribution in [3.8, 4) is 0 Å². The first-order valence-electron chi connectivity index (χ1n) is 8.28. The lowest BCUT2D eigenvalue weighted by atomic mass is 10.2. The minimum absolute atomic E-state index is 0.101. The quantitative estimate of drug-likeness (QED) is 0.466. The van der Waals surface area contributed by atoms with Gasteiger partial charge in [0.2, 0.25) is 21.1 Å². The molecule has 1 atom stereocenters. The molecule has 1 aromatic heterocycles. The van der Waals surface area contributed by atoms with Crippen molar-refractivity contribution in [1.82, 2.24) is 10.2 Å². The van der Waals surface area contributed by atoms with E-state index in [2.05, 4.69) is 15.5 Å². The number of aromatic nitrogens is 2. The number of nitrogens with zero attached hydrogens (tertiary/aromatic N) is 3. The van der Waals surface area contributed by atoms with Gasteiger partial charge in [0.15, 0.2) is 4.34 Å². The maximum atomic E-state index is 13.5. The van der Waals surface area contributed by atoms with Gasteiger partial charge < -0.3 is 0 Å². The van der Waals surface area contributed by atoms with Crippen LogP contribution in [0, 0.1) is 5.82 Å². The molecule has 12 heteroatoms. The summed E-state index contributed by atoms with van der Waals surface area (Å²) in [6.07, 6.45) is 1.16. The van der Waals surface area contributed by atoms with Crippen molar-refractivity contribution >= 4 is 61.4 Å². The van der Waals surface area contributed by atoms with E-state index in [0.717, 1.165) is 16.6 Å². The van der Waals surface area contributed by atoms with Gasteiger partial charge in [-0.1, -0.05) is 55.5 Å². The molecule has 0 saturated carbocycles. The number of thioether (sulfide) groups is 1. The van der Waals surface area contributed by atoms with E-state index >= 15 is 0 Å². The second-order valence-corrected chi connectivity index (χ2v) is 11.2. The summed E-state index contributed by atoms with van der Waals surface area (Å²) in [6, 6.07) is 2.43. The molecule has 2 aromatic rings. The predicted octanol–water partition coefficient (Wildman–Crippen LogP) is 4.01. The van der Waals surface area contributed by atoms with E-state index in [0.29, 0.717) is 9.59 Å². The summed E-state index contributed by atoms with van der Waals surface area (Å²) < 4.78 is 39.9. The lowest BCUT2D eigenvalue weighted by Gasteiger charge is -2.29. The van der Waals surface area contributed by atoms with Crippen LogP contribution in [0.5, 0.6) is 0 Å². The van der Waals surface area contributed by atoms with E-state index in [4.69, 9.17) is 11.6 Å². The van der Waals surface area contributed by atoms with E-state index in [9.17, 15) is 17.6 Å². The molecule has 0 aliphatic rings. The SMILES string of the molecule is CC[C@H](C(=O)Nc1nnc(SC(C)C)s1)N(c1ccc(F)c(Cl)c1)S(C)(=O)=O. The number of amides is 1. The fraction of sp³-hybridized carbons (Fsp3) is 0.438. The molecule has 0 saturated heterocycles. The van der Waals surface area contributed by atoms with Gasteiger partial charge in [-0.3, -0.25) is 14.4 Å². The molecule has 0 spiro atoms. The minimum atomic E-state index is -3.85. The number of anilines is 2. The van der Waals surface area contributed by atoms with Crippen molar-refractivity contribution < 1.29 is 17.6 Å². The zero-order chi connectivity index (χ0) is 21.1. The predicted molar refractivity (Wildman–Crippen MR) is 112 cm³/mol. The Hall–Kier alpha value is -1.43. The van der Waals surface area contributed by atoms with Gasteiger partial charge >= 0.3 is 0 Å². The van der Waals surface area contributed by atoms with Crippen LogP contribution in [0.15, 0.2) is 22.5 Å². The number of sulfonamides is 1. The maximum Gasteiger partial charge on any atom is 0.250 e. The van der Waals surface area contributed by atoms with Crippen molar-refractivity contribution in [2.75, 3.05) is 15.9 Å². The van der Waals surface area contributed by atoms with Crippen LogP contribution < -0.4 is 9.62 Å². The summed E-state index contributed by atoms with van der Waals surface area (Å²) >= 11 is 8.51. The Labute approximate surface area is 176 Å². The van der Waals surface area contributed by atoms with Gasteiger partial charge in [-0.05, 0) is 24.6 Å². The van der Waals surface area contributed by atoms with Gasteiger partial charge in [0.25, 0.3) is 0 Å². The fourth-order valence-corrected chi connectivity index (χ4v) is 5.74. The molecule has 0 radical (unpaired) electrons. The van der Waals surface area contributed by atoms with Crippen LogP contribution in [0.25, 0.3) is 0 Å². The average molecular weight is 467 g/mol. The molecule has 154 valence electrons. The molecule has 1 N–H and O–H groups in total. The van der Waals surface area contributed by atoms with Crippen LogP contribution in [0.1, 0.15) is 27.2 Å². The Balaban J connectivity index is 2.31. The molecule has 2 rings (SSSR count). The number of hydrogen-bond donors (Lipinski definition) is 1. The first-order valence-corrected chi connectivity index (χ1v) is 12.2. The van der Waals surface area contributed by atoms with Gasteiger partial charge in [0, 0.05) is 5.25 Å². The van der Waals surface area contributed by atoms with E-state index in [1.165, 1.54) is 35.2 Å². The number of nitrogens with one attached hydrogen (secondary N) is 1. The van der Waals surface area contributed by atoms with Crippen molar-refractivity contribution in [2.24, 2.45) is 0 Å². The van der Waals surface area contributed by atoms with Crippen LogP contribution in [-0.4, -0.2) is 42.1 Å². The van der Waals surface area contributed by atoms with Gasteiger partial charge in [-0.25, -0.2) is 12.8 Å². The highest BCUT2D eigenvalue weighted by Gasteiger charge is 2.32. The molecule has 0 unspecified atom stereocenters. The average Bonchev–Trinajstić information content (AvgIpc) is 3.00. The largest absolute Gasteiger partial charge is 0.299 e. The third-order valence-electron chi connectivity index (χ3n) is 3.46. The van der Waals surface area contributed by atoms with Gasteiger partial charge in [-0.2, -0.15) is 0 Å². The van der Waals surface area contributed by atoms with Crippen molar-refractivity contribution in [3.05, 3.63) is 29.0 Å². The summed E-state index contributed by atoms with van der Waals surface area (Å²) in [7, 11) is -3.85. The molecule has 1 heterocycles. The summed E-state index contributed by atoms with van der Waals surface area (Å²) in [5.74, 6) is -1.24. The Bertz CT molecular complexity index is 952. The highest BCUT2D eigenvalue weighted by atomic mass is 35.5. The smallest absolute Gasteiger partial charge is 0.250 e. The first-order chi connectivity index (χ1) is 13.0. The summed E-state index contributed by atoms with van der Waals surface area (Å²) in [6.45, 7) is 5.69. The Morgan fingerprint density at radius 3 is 2.61 bits per heavy atom. The number of benzene rings is 1. The van der Waals surface area contributed by atoms with E-state index in [1.807, 2.05) is 13.8 Å².